The first-order valence-electron chi connectivity index (χ1n) is 10.5. The van der Waals surface area contributed by atoms with Crippen molar-refractivity contribution in [1.82, 2.24) is 18.8 Å². The van der Waals surface area contributed by atoms with Crippen LogP contribution in [0.5, 0.6) is 0 Å². The molecule has 2 aromatic heterocycles. The van der Waals surface area contributed by atoms with Crippen molar-refractivity contribution < 1.29 is 13.2 Å². The van der Waals surface area contributed by atoms with E-state index in [0.717, 1.165) is 23.4 Å². The molecule has 1 aliphatic rings. The third kappa shape index (κ3) is 4.33. The smallest absolute Gasteiger partial charge is 0.243 e. The Hall–Kier alpha value is -2.78. The molecule has 4 rings (SSSR count). The molecular formula is C22H27N5O3S. The molecule has 0 aliphatic carbocycles. The van der Waals surface area contributed by atoms with E-state index in [0.29, 0.717) is 25.2 Å². The molecule has 0 spiro atoms. The molecule has 1 amide bonds. The number of hydrogen-bond acceptors (Lipinski definition) is 5. The zero-order chi connectivity index (χ0) is 22.2. The largest absolute Gasteiger partial charge is 0.326 e. The summed E-state index contributed by atoms with van der Waals surface area (Å²) in [6.07, 6.45) is 3.27. The van der Waals surface area contributed by atoms with E-state index in [-0.39, 0.29) is 22.8 Å². The van der Waals surface area contributed by atoms with Crippen LogP contribution in [0.3, 0.4) is 0 Å². The summed E-state index contributed by atoms with van der Waals surface area (Å²) < 4.78 is 29.9. The zero-order valence-corrected chi connectivity index (χ0v) is 18.8. The van der Waals surface area contributed by atoms with Crippen molar-refractivity contribution in [2.45, 2.75) is 44.6 Å². The number of nitrogens with zero attached hydrogens (tertiary/aromatic N) is 4. The van der Waals surface area contributed by atoms with Crippen LogP contribution in [0, 0.1) is 5.92 Å². The van der Waals surface area contributed by atoms with Gasteiger partial charge >= 0.3 is 0 Å². The van der Waals surface area contributed by atoms with Crippen molar-refractivity contribution in [1.29, 1.82) is 0 Å². The Kier molecular flexibility index (Phi) is 5.81. The number of sulfonamides is 1. The van der Waals surface area contributed by atoms with E-state index in [9.17, 15) is 13.2 Å². The number of hydrogen-bond donors (Lipinski definition) is 1. The molecule has 164 valence electrons. The Labute approximate surface area is 182 Å². The fourth-order valence-corrected chi connectivity index (χ4v) is 5.70. The number of fused-ring (bicyclic) bond motifs is 1. The Morgan fingerprint density at radius 1 is 1.23 bits per heavy atom. The van der Waals surface area contributed by atoms with Crippen molar-refractivity contribution in [2.24, 2.45) is 5.92 Å². The van der Waals surface area contributed by atoms with Crippen LogP contribution in [0.2, 0.25) is 0 Å². The zero-order valence-electron chi connectivity index (χ0n) is 17.9. The van der Waals surface area contributed by atoms with Gasteiger partial charge in [-0.3, -0.25) is 4.79 Å². The number of carbonyl (C=O) groups excluding carboxylic acids is 1. The van der Waals surface area contributed by atoms with E-state index >= 15 is 0 Å². The Morgan fingerprint density at radius 3 is 2.65 bits per heavy atom. The van der Waals surface area contributed by atoms with Crippen LogP contribution in [-0.2, 0) is 21.2 Å². The molecule has 1 saturated heterocycles. The molecule has 3 heterocycles. The summed E-state index contributed by atoms with van der Waals surface area (Å²) in [5.41, 5.74) is 2.31. The first kappa shape index (κ1) is 21.5. The number of amides is 1. The minimum atomic E-state index is -3.58. The quantitative estimate of drug-likeness (QED) is 0.633. The maximum atomic E-state index is 13.1. The topological polar surface area (TPSA) is 97.2 Å². The van der Waals surface area contributed by atoms with Crippen LogP contribution >= 0.6 is 0 Å². The summed E-state index contributed by atoms with van der Waals surface area (Å²) in [5.74, 6) is 0.955. The lowest BCUT2D eigenvalue weighted by atomic mass is 10.0. The fourth-order valence-electron chi connectivity index (χ4n) is 4.17. The highest BCUT2D eigenvalue weighted by Gasteiger charge is 2.33. The second-order valence-corrected chi connectivity index (χ2v) is 10.2. The molecule has 0 radical (unpaired) electrons. The van der Waals surface area contributed by atoms with Gasteiger partial charge in [-0.25, -0.2) is 18.4 Å². The minimum Gasteiger partial charge on any atom is -0.326 e. The van der Waals surface area contributed by atoms with Crippen molar-refractivity contribution in [3.8, 4) is 0 Å². The van der Waals surface area contributed by atoms with Gasteiger partial charge in [-0.15, -0.1) is 0 Å². The molecule has 0 saturated carbocycles. The first-order chi connectivity index (χ1) is 14.8. The normalized spacial score (nSPS) is 17.5. The molecule has 1 fully saturated rings. The standard InChI is InChI=1S/C22H27N5O3S/c1-15(2)27-21(25-20-5-4-11-23-22(20)27)13-17-10-12-26(14-17)31(29,30)19-8-6-18(7-9-19)24-16(3)28/h4-9,11,15,17H,10,12-14H2,1-3H3,(H,24,28). The third-order valence-electron chi connectivity index (χ3n) is 5.57. The van der Waals surface area contributed by atoms with Gasteiger partial charge in [0.2, 0.25) is 15.9 Å². The summed E-state index contributed by atoms with van der Waals surface area (Å²) in [6, 6.07) is 10.4. The van der Waals surface area contributed by atoms with Crippen LogP contribution in [0.25, 0.3) is 11.2 Å². The molecular weight excluding hydrogens is 414 g/mol. The lowest BCUT2D eigenvalue weighted by Crippen LogP contribution is -2.29. The van der Waals surface area contributed by atoms with Crippen molar-refractivity contribution in [3.63, 3.8) is 0 Å². The van der Waals surface area contributed by atoms with Crippen LogP contribution in [0.4, 0.5) is 5.69 Å². The van der Waals surface area contributed by atoms with Gasteiger partial charge in [-0.05, 0) is 62.6 Å². The highest BCUT2D eigenvalue weighted by molar-refractivity contribution is 7.89. The second-order valence-electron chi connectivity index (χ2n) is 8.27. The fraction of sp³-hybridized carbons (Fsp3) is 0.409. The Bertz CT molecular complexity index is 1200. The lowest BCUT2D eigenvalue weighted by molar-refractivity contribution is -0.114. The van der Waals surface area contributed by atoms with Crippen molar-refractivity contribution >= 4 is 32.8 Å². The number of benzene rings is 1. The first-order valence-corrected chi connectivity index (χ1v) is 11.9. The molecule has 9 heteroatoms. The van der Waals surface area contributed by atoms with Crippen LogP contribution in [-0.4, -0.2) is 46.3 Å². The number of imidazole rings is 1. The molecule has 3 aromatic rings. The number of nitrogens with one attached hydrogen (secondary N) is 1. The Morgan fingerprint density at radius 2 is 1.97 bits per heavy atom. The van der Waals surface area contributed by atoms with Crippen LogP contribution in [0.15, 0.2) is 47.5 Å². The van der Waals surface area contributed by atoms with Crippen molar-refractivity contribution in [3.05, 3.63) is 48.4 Å². The Balaban J connectivity index is 1.50. The maximum Gasteiger partial charge on any atom is 0.243 e. The molecule has 1 atom stereocenters. The van der Waals surface area contributed by atoms with E-state index in [1.165, 1.54) is 19.1 Å². The van der Waals surface area contributed by atoms with Crippen molar-refractivity contribution in [2.75, 3.05) is 18.4 Å². The molecule has 1 N–H and O–H groups in total. The molecule has 1 unspecified atom stereocenters. The molecule has 1 aromatic carbocycles. The predicted octanol–water partition coefficient (Wildman–Crippen LogP) is 3.22. The molecule has 0 bridgehead atoms. The van der Waals surface area contributed by atoms with Gasteiger partial charge in [0.05, 0.1) is 4.90 Å². The number of aromatic nitrogens is 3. The predicted molar refractivity (Wildman–Crippen MR) is 119 cm³/mol. The maximum absolute atomic E-state index is 13.1. The van der Waals surface area contributed by atoms with E-state index in [4.69, 9.17) is 4.98 Å². The SMILES string of the molecule is CC(=O)Nc1ccc(S(=O)(=O)N2CCC(Cc3nc4cccnc4n3C(C)C)C2)cc1. The molecule has 31 heavy (non-hydrogen) atoms. The van der Waals surface area contributed by atoms with E-state index in [1.54, 1.807) is 22.6 Å². The third-order valence-corrected chi connectivity index (χ3v) is 7.45. The van der Waals surface area contributed by atoms with Gasteiger partial charge in [0.15, 0.2) is 5.65 Å². The van der Waals surface area contributed by atoms with Crippen LogP contribution in [0.1, 0.15) is 39.1 Å². The summed E-state index contributed by atoms with van der Waals surface area (Å²) >= 11 is 0. The number of pyridine rings is 1. The van der Waals surface area contributed by atoms with Gasteiger partial charge in [-0.2, -0.15) is 4.31 Å². The minimum absolute atomic E-state index is 0.194. The van der Waals surface area contributed by atoms with Gasteiger partial charge in [-0.1, -0.05) is 0 Å². The highest BCUT2D eigenvalue weighted by Crippen LogP contribution is 2.29. The summed E-state index contributed by atoms with van der Waals surface area (Å²) in [7, 11) is -3.58. The highest BCUT2D eigenvalue weighted by atomic mass is 32.2. The number of rotatable bonds is 6. The van der Waals surface area contributed by atoms with Gasteiger partial charge in [0, 0.05) is 44.4 Å². The average molecular weight is 442 g/mol. The van der Waals surface area contributed by atoms with Gasteiger partial charge < -0.3 is 9.88 Å². The summed E-state index contributed by atoms with van der Waals surface area (Å²) in [4.78, 5) is 20.7. The number of anilines is 1. The van der Waals surface area contributed by atoms with E-state index in [1.807, 2.05) is 12.1 Å². The van der Waals surface area contributed by atoms with Gasteiger partial charge in [0.1, 0.15) is 11.3 Å². The summed E-state index contributed by atoms with van der Waals surface area (Å²) in [6.45, 7) is 6.58. The molecule has 1 aliphatic heterocycles. The second kappa shape index (κ2) is 8.39. The monoisotopic (exact) mass is 441 g/mol. The van der Waals surface area contributed by atoms with E-state index in [2.05, 4.69) is 28.7 Å². The van der Waals surface area contributed by atoms with Crippen LogP contribution < -0.4 is 5.32 Å². The average Bonchev–Trinajstić information content (AvgIpc) is 3.33. The van der Waals surface area contributed by atoms with E-state index < -0.39 is 10.0 Å². The number of carbonyl (C=O) groups is 1. The molecule has 8 nitrogen and oxygen atoms in total. The van der Waals surface area contributed by atoms with Gasteiger partial charge in [0.25, 0.3) is 0 Å². The summed E-state index contributed by atoms with van der Waals surface area (Å²) in [5, 5.41) is 2.65. The lowest BCUT2D eigenvalue weighted by Gasteiger charge is -2.18.